The van der Waals surface area contributed by atoms with E-state index in [1.807, 2.05) is 26.0 Å². The lowest BCUT2D eigenvalue weighted by atomic mass is 9.84. The summed E-state index contributed by atoms with van der Waals surface area (Å²) in [6.45, 7) is 7.15. The van der Waals surface area contributed by atoms with E-state index in [1.54, 1.807) is 0 Å². The molecule has 4 nitrogen and oxygen atoms in total. The van der Waals surface area contributed by atoms with Crippen LogP contribution < -0.4 is 14.8 Å². The van der Waals surface area contributed by atoms with Crippen molar-refractivity contribution in [1.29, 1.82) is 0 Å². The number of anilines is 1. The number of hydrogen-bond acceptors (Lipinski definition) is 3. The molecule has 0 bridgehead atoms. The molecule has 2 aromatic rings. The highest BCUT2D eigenvalue weighted by atomic mass is 16.5. The second-order valence-electron chi connectivity index (χ2n) is 6.15. The largest absolute Gasteiger partial charge is 0.490 e. The topological polar surface area (TPSA) is 47.6 Å². The minimum Gasteiger partial charge on any atom is -0.490 e. The maximum Gasteiger partial charge on any atom is 0.225 e. The molecule has 1 heterocycles. The molecule has 2 aromatic carbocycles. The number of amides is 1. The lowest BCUT2D eigenvalue weighted by Gasteiger charge is -2.27. The van der Waals surface area contributed by atoms with Gasteiger partial charge < -0.3 is 14.8 Å². The molecule has 0 unspecified atom stereocenters. The van der Waals surface area contributed by atoms with Gasteiger partial charge >= 0.3 is 0 Å². The number of carbonyl (C=O) groups is 1. The van der Waals surface area contributed by atoms with Crippen molar-refractivity contribution in [3.05, 3.63) is 53.1 Å². The van der Waals surface area contributed by atoms with Gasteiger partial charge in [-0.2, -0.15) is 0 Å². The molecule has 0 aliphatic carbocycles. The van der Waals surface area contributed by atoms with Crippen LogP contribution in [-0.4, -0.2) is 19.1 Å². The van der Waals surface area contributed by atoms with Crippen LogP contribution in [0.3, 0.4) is 0 Å². The zero-order valence-electron chi connectivity index (χ0n) is 15.1. The Morgan fingerprint density at radius 3 is 2.24 bits per heavy atom. The number of nitrogens with one attached hydrogen (secondary N) is 1. The zero-order valence-corrected chi connectivity index (χ0v) is 15.1. The highest BCUT2D eigenvalue weighted by molar-refractivity contribution is 5.96. The number of fused-ring (bicyclic) bond motifs is 1. The molecule has 1 aliphatic rings. The molecule has 0 radical (unpaired) electrons. The van der Waals surface area contributed by atoms with Gasteiger partial charge in [0.2, 0.25) is 5.91 Å². The second kappa shape index (κ2) is 7.60. The van der Waals surface area contributed by atoms with Crippen LogP contribution in [0.2, 0.25) is 0 Å². The van der Waals surface area contributed by atoms with E-state index in [4.69, 9.17) is 9.47 Å². The van der Waals surface area contributed by atoms with Crippen molar-refractivity contribution in [2.24, 2.45) is 0 Å². The Kier molecular flexibility index (Phi) is 5.27. The molecular weight excluding hydrogens is 314 g/mol. The normalized spacial score (nSPS) is 16.1. The van der Waals surface area contributed by atoms with Gasteiger partial charge in [-0.15, -0.1) is 0 Å². The molecule has 1 amide bonds. The summed E-state index contributed by atoms with van der Waals surface area (Å²) in [5.74, 6) is 1.47. The molecule has 0 aromatic heterocycles. The quantitative estimate of drug-likeness (QED) is 0.842. The Labute approximate surface area is 149 Å². The van der Waals surface area contributed by atoms with Gasteiger partial charge in [-0.3, -0.25) is 4.79 Å². The van der Waals surface area contributed by atoms with E-state index >= 15 is 0 Å². The molecule has 0 saturated heterocycles. The van der Waals surface area contributed by atoms with Gasteiger partial charge in [-0.05, 0) is 43.0 Å². The van der Waals surface area contributed by atoms with Crippen molar-refractivity contribution in [3.8, 4) is 11.5 Å². The molecule has 1 atom stereocenters. The van der Waals surface area contributed by atoms with Crippen LogP contribution in [0.5, 0.6) is 11.5 Å². The summed E-state index contributed by atoms with van der Waals surface area (Å²) in [5, 5.41) is 2.98. The standard InChI is InChI=1S/C21H25NO3/c1-4-14-7-9-15(10-8-14)16-12-21(23)22-18-13-20(25-6-3)19(24-5-2)11-17(16)18/h7-11,13,16H,4-6,12H2,1-3H3,(H,22,23)/t16-/m0/s1. The van der Waals surface area contributed by atoms with Crippen LogP contribution >= 0.6 is 0 Å². The number of hydrogen-bond donors (Lipinski definition) is 1. The number of ether oxygens (including phenoxy) is 2. The summed E-state index contributed by atoms with van der Waals surface area (Å²) >= 11 is 0. The molecule has 4 heteroatoms. The first-order chi connectivity index (χ1) is 12.2. The Balaban J connectivity index is 2.05. The highest BCUT2D eigenvalue weighted by Crippen LogP contribution is 2.43. The van der Waals surface area contributed by atoms with E-state index in [2.05, 4.69) is 36.5 Å². The SMILES string of the molecule is CCOc1cc2c(cc1OCC)[C@H](c1ccc(CC)cc1)CC(=O)N2. The molecule has 3 rings (SSSR count). The van der Waals surface area contributed by atoms with Gasteiger partial charge in [0.05, 0.1) is 13.2 Å². The number of aryl methyl sites for hydroxylation is 1. The summed E-state index contributed by atoms with van der Waals surface area (Å²) in [6.07, 6.45) is 1.45. The van der Waals surface area contributed by atoms with Crippen LogP contribution in [0.4, 0.5) is 5.69 Å². The van der Waals surface area contributed by atoms with Crippen LogP contribution in [0, 0.1) is 0 Å². The van der Waals surface area contributed by atoms with Crippen LogP contribution in [0.15, 0.2) is 36.4 Å². The molecule has 0 saturated carbocycles. The highest BCUT2D eigenvalue weighted by Gasteiger charge is 2.28. The predicted molar refractivity (Wildman–Crippen MR) is 99.7 cm³/mol. The van der Waals surface area contributed by atoms with E-state index in [9.17, 15) is 4.79 Å². The van der Waals surface area contributed by atoms with E-state index < -0.39 is 0 Å². The van der Waals surface area contributed by atoms with Crippen molar-refractivity contribution < 1.29 is 14.3 Å². The molecule has 1 aliphatic heterocycles. The van der Waals surface area contributed by atoms with E-state index in [0.29, 0.717) is 25.4 Å². The van der Waals surface area contributed by atoms with Gasteiger partial charge in [-0.1, -0.05) is 31.2 Å². The van der Waals surface area contributed by atoms with E-state index in [-0.39, 0.29) is 11.8 Å². The molecular formula is C21H25NO3. The Morgan fingerprint density at radius 1 is 1.00 bits per heavy atom. The summed E-state index contributed by atoms with van der Waals surface area (Å²) in [4.78, 5) is 12.2. The Hall–Kier alpha value is -2.49. The van der Waals surface area contributed by atoms with Crippen molar-refractivity contribution in [2.45, 2.75) is 39.5 Å². The van der Waals surface area contributed by atoms with Crippen molar-refractivity contribution in [2.75, 3.05) is 18.5 Å². The molecule has 1 N–H and O–H groups in total. The molecule has 0 fully saturated rings. The average molecular weight is 339 g/mol. The third kappa shape index (κ3) is 3.63. The first-order valence-corrected chi connectivity index (χ1v) is 8.98. The lowest BCUT2D eigenvalue weighted by Crippen LogP contribution is -2.23. The minimum absolute atomic E-state index is 0.0312. The number of benzene rings is 2. The number of carbonyl (C=O) groups excluding carboxylic acids is 1. The second-order valence-corrected chi connectivity index (χ2v) is 6.15. The van der Waals surface area contributed by atoms with Crippen LogP contribution in [0.1, 0.15) is 49.8 Å². The molecule has 132 valence electrons. The number of rotatable bonds is 6. The fraction of sp³-hybridized carbons (Fsp3) is 0.381. The van der Waals surface area contributed by atoms with Gasteiger partial charge in [0, 0.05) is 24.1 Å². The van der Waals surface area contributed by atoms with Gasteiger partial charge in [-0.25, -0.2) is 0 Å². The zero-order chi connectivity index (χ0) is 17.8. The van der Waals surface area contributed by atoms with Gasteiger partial charge in [0.25, 0.3) is 0 Å². The Morgan fingerprint density at radius 2 is 1.64 bits per heavy atom. The Bertz CT molecular complexity index is 752. The van der Waals surface area contributed by atoms with Crippen LogP contribution in [0.25, 0.3) is 0 Å². The molecule has 0 spiro atoms. The molecule has 25 heavy (non-hydrogen) atoms. The maximum absolute atomic E-state index is 12.2. The smallest absolute Gasteiger partial charge is 0.225 e. The average Bonchev–Trinajstić information content (AvgIpc) is 2.62. The summed E-state index contributed by atoms with van der Waals surface area (Å²) in [6, 6.07) is 12.4. The monoisotopic (exact) mass is 339 g/mol. The first-order valence-electron chi connectivity index (χ1n) is 8.98. The predicted octanol–water partition coefficient (Wildman–Crippen LogP) is 4.52. The van der Waals surface area contributed by atoms with Gasteiger partial charge in [0.1, 0.15) is 0 Å². The third-order valence-electron chi connectivity index (χ3n) is 4.54. The third-order valence-corrected chi connectivity index (χ3v) is 4.54. The lowest BCUT2D eigenvalue weighted by molar-refractivity contribution is -0.116. The van der Waals surface area contributed by atoms with Crippen molar-refractivity contribution in [3.63, 3.8) is 0 Å². The fourth-order valence-corrected chi connectivity index (χ4v) is 3.29. The van der Waals surface area contributed by atoms with E-state index in [0.717, 1.165) is 29.0 Å². The van der Waals surface area contributed by atoms with Crippen molar-refractivity contribution >= 4 is 11.6 Å². The summed E-state index contributed by atoms with van der Waals surface area (Å²) in [5.41, 5.74) is 4.34. The summed E-state index contributed by atoms with van der Waals surface area (Å²) < 4.78 is 11.5. The summed E-state index contributed by atoms with van der Waals surface area (Å²) in [7, 11) is 0. The fourth-order valence-electron chi connectivity index (χ4n) is 3.29. The van der Waals surface area contributed by atoms with Gasteiger partial charge in [0.15, 0.2) is 11.5 Å². The minimum atomic E-state index is 0.0312. The van der Waals surface area contributed by atoms with E-state index in [1.165, 1.54) is 5.56 Å². The van der Waals surface area contributed by atoms with Crippen molar-refractivity contribution in [1.82, 2.24) is 0 Å². The maximum atomic E-state index is 12.2. The van der Waals surface area contributed by atoms with Crippen LogP contribution in [-0.2, 0) is 11.2 Å². The first kappa shape index (κ1) is 17.3.